The van der Waals surface area contributed by atoms with E-state index in [1.807, 2.05) is 13.8 Å². The molecule has 1 unspecified atom stereocenters. The lowest BCUT2D eigenvalue weighted by Gasteiger charge is -2.20. The molecular weight excluding hydrogens is 277 g/mol. The third-order valence-corrected chi connectivity index (χ3v) is 3.08. The van der Waals surface area contributed by atoms with Gasteiger partial charge in [0.1, 0.15) is 0 Å². The maximum atomic E-state index is 13.7. The van der Waals surface area contributed by atoms with Crippen LogP contribution in [0.15, 0.2) is 0 Å². The monoisotopic (exact) mass is 295 g/mol. The van der Waals surface area contributed by atoms with Crippen molar-refractivity contribution in [2.24, 2.45) is 0 Å². The Bertz CT molecular complexity index is 424. The van der Waals surface area contributed by atoms with E-state index in [0.29, 0.717) is 25.8 Å². The molecule has 114 valence electrons. The fraction of sp³-hybridized carbons (Fsp3) is 0.571. The van der Waals surface area contributed by atoms with Crippen molar-refractivity contribution in [2.75, 3.05) is 6.54 Å². The van der Waals surface area contributed by atoms with E-state index in [-0.39, 0.29) is 0 Å². The summed E-state index contributed by atoms with van der Waals surface area (Å²) in [5, 5.41) is 2.84. The van der Waals surface area contributed by atoms with Crippen molar-refractivity contribution in [1.82, 2.24) is 5.32 Å². The van der Waals surface area contributed by atoms with Crippen LogP contribution in [0.1, 0.15) is 51.1 Å². The Morgan fingerprint density at radius 3 is 1.75 bits per heavy atom. The molecule has 6 heteroatoms. The summed E-state index contributed by atoms with van der Waals surface area (Å²) in [6.45, 7) is 4.17. The Labute approximate surface area is 115 Å². The van der Waals surface area contributed by atoms with Crippen LogP contribution in [0.3, 0.4) is 0 Å². The fourth-order valence-electron chi connectivity index (χ4n) is 2.00. The number of rotatable bonds is 7. The summed E-state index contributed by atoms with van der Waals surface area (Å²) in [4.78, 5) is 0. The standard InChI is InChI=1S/C14H18F5N/c1-3-5-6-8(20-7-4-2)9-10(15)12(17)14(19)13(18)11(9)16/h8,20H,3-7H2,1-2H3. The molecule has 1 aromatic rings. The van der Waals surface area contributed by atoms with Gasteiger partial charge in [-0.05, 0) is 19.4 Å². The zero-order valence-electron chi connectivity index (χ0n) is 11.5. The summed E-state index contributed by atoms with van der Waals surface area (Å²) < 4.78 is 66.9. The predicted molar refractivity (Wildman–Crippen MR) is 66.8 cm³/mol. The van der Waals surface area contributed by atoms with Crippen LogP contribution in [0.5, 0.6) is 0 Å². The highest BCUT2D eigenvalue weighted by Crippen LogP contribution is 2.30. The van der Waals surface area contributed by atoms with Crippen LogP contribution < -0.4 is 5.32 Å². The van der Waals surface area contributed by atoms with Gasteiger partial charge in [-0.15, -0.1) is 0 Å². The lowest BCUT2D eigenvalue weighted by Crippen LogP contribution is -2.25. The number of unbranched alkanes of at least 4 members (excludes halogenated alkanes) is 1. The Kier molecular flexibility index (Phi) is 6.39. The van der Waals surface area contributed by atoms with E-state index in [0.717, 1.165) is 6.42 Å². The summed E-state index contributed by atoms with van der Waals surface area (Å²) in [5.41, 5.74) is -0.761. The highest BCUT2D eigenvalue weighted by molar-refractivity contribution is 5.27. The number of halogens is 5. The van der Waals surface area contributed by atoms with E-state index in [9.17, 15) is 22.0 Å². The molecular formula is C14H18F5N. The Hall–Kier alpha value is -1.17. The molecule has 0 radical (unpaired) electrons. The Balaban J connectivity index is 3.24. The van der Waals surface area contributed by atoms with Gasteiger partial charge in [-0.1, -0.05) is 26.7 Å². The van der Waals surface area contributed by atoms with Crippen LogP contribution in [-0.2, 0) is 0 Å². The van der Waals surface area contributed by atoms with Gasteiger partial charge < -0.3 is 5.32 Å². The van der Waals surface area contributed by atoms with E-state index in [1.54, 1.807) is 0 Å². The van der Waals surface area contributed by atoms with Crippen molar-refractivity contribution < 1.29 is 22.0 Å². The van der Waals surface area contributed by atoms with E-state index < -0.39 is 40.7 Å². The summed E-state index contributed by atoms with van der Waals surface area (Å²) in [5.74, 6) is -9.39. The van der Waals surface area contributed by atoms with Crippen molar-refractivity contribution in [3.63, 3.8) is 0 Å². The molecule has 0 fully saturated rings. The molecule has 0 spiro atoms. The molecule has 1 atom stereocenters. The summed E-state index contributed by atoms with van der Waals surface area (Å²) in [7, 11) is 0. The molecule has 1 aromatic carbocycles. The van der Waals surface area contributed by atoms with Gasteiger partial charge in [0.15, 0.2) is 23.3 Å². The van der Waals surface area contributed by atoms with E-state index in [1.165, 1.54) is 0 Å². The lowest BCUT2D eigenvalue weighted by atomic mass is 9.99. The van der Waals surface area contributed by atoms with E-state index >= 15 is 0 Å². The van der Waals surface area contributed by atoms with Gasteiger partial charge in [0.05, 0.1) is 0 Å². The average Bonchev–Trinajstić information content (AvgIpc) is 2.45. The fourth-order valence-corrected chi connectivity index (χ4v) is 2.00. The van der Waals surface area contributed by atoms with Gasteiger partial charge in [-0.2, -0.15) is 0 Å². The van der Waals surface area contributed by atoms with Gasteiger partial charge in [0, 0.05) is 11.6 Å². The molecule has 0 saturated carbocycles. The maximum absolute atomic E-state index is 13.7. The molecule has 0 heterocycles. The second-order valence-electron chi connectivity index (χ2n) is 4.63. The van der Waals surface area contributed by atoms with Gasteiger partial charge in [0.25, 0.3) is 0 Å². The van der Waals surface area contributed by atoms with Crippen molar-refractivity contribution >= 4 is 0 Å². The third-order valence-electron chi connectivity index (χ3n) is 3.08. The van der Waals surface area contributed by atoms with Gasteiger partial charge in [-0.25, -0.2) is 22.0 Å². The molecule has 20 heavy (non-hydrogen) atoms. The number of nitrogens with one attached hydrogen (secondary N) is 1. The van der Waals surface area contributed by atoms with Gasteiger partial charge >= 0.3 is 0 Å². The van der Waals surface area contributed by atoms with E-state index in [4.69, 9.17) is 0 Å². The molecule has 0 aromatic heterocycles. The van der Waals surface area contributed by atoms with Crippen molar-refractivity contribution in [2.45, 2.75) is 45.6 Å². The summed E-state index contributed by atoms with van der Waals surface area (Å²) >= 11 is 0. The normalized spacial score (nSPS) is 12.8. The zero-order chi connectivity index (χ0) is 15.3. The minimum Gasteiger partial charge on any atom is -0.310 e. The van der Waals surface area contributed by atoms with Gasteiger partial charge in [-0.3, -0.25) is 0 Å². The molecule has 1 rings (SSSR count). The Morgan fingerprint density at radius 2 is 1.30 bits per heavy atom. The van der Waals surface area contributed by atoms with Crippen LogP contribution in [-0.4, -0.2) is 6.54 Å². The first kappa shape index (κ1) is 16.9. The molecule has 1 nitrogen and oxygen atoms in total. The second-order valence-corrected chi connectivity index (χ2v) is 4.63. The number of benzene rings is 1. The Morgan fingerprint density at radius 1 is 0.800 bits per heavy atom. The summed E-state index contributed by atoms with van der Waals surface area (Å²) in [6.07, 6.45) is 2.40. The minimum absolute atomic E-state index is 0.314. The minimum atomic E-state index is -2.12. The predicted octanol–water partition coefficient (Wildman–Crippen LogP) is 4.61. The molecule has 0 aliphatic rings. The smallest absolute Gasteiger partial charge is 0.200 e. The summed E-state index contributed by atoms with van der Waals surface area (Å²) in [6, 6.07) is -0.875. The molecule has 0 amide bonds. The molecule has 1 N–H and O–H groups in total. The topological polar surface area (TPSA) is 12.0 Å². The van der Waals surface area contributed by atoms with Crippen LogP contribution in [0.25, 0.3) is 0 Å². The van der Waals surface area contributed by atoms with Gasteiger partial charge in [0.2, 0.25) is 5.82 Å². The molecule has 0 saturated heterocycles. The van der Waals surface area contributed by atoms with Crippen molar-refractivity contribution in [3.8, 4) is 0 Å². The van der Waals surface area contributed by atoms with Crippen molar-refractivity contribution in [3.05, 3.63) is 34.6 Å². The van der Waals surface area contributed by atoms with Crippen LogP contribution in [0, 0.1) is 29.1 Å². The van der Waals surface area contributed by atoms with Crippen LogP contribution in [0.4, 0.5) is 22.0 Å². The van der Waals surface area contributed by atoms with Crippen LogP contribution >= 0.6 is 0 Å². The average molecular weight is 295 g/mol. The first-order chi connectivity index (χ1) is 9.45. The maximum Gasteiger partial charge on any atom is 0.200 e. The second kappa shape index (κ2) is 7.57. The number of hydrogen-bond acceptors (Lipinski definition) is 1. The quantitative estimate of drug-likeness (QED) is 0.440. The molecule has 0 aliphatic heterocycles. The highest BCUT2D eigenvalue weighted by atomic mass is 19.2. The first-order valence-corrected chi connectivity index (χ1v) is 6.70. The third kappa shape index (κ3) is 3.48. The zero-order valence-corrected chi connectivity index (χ0v) is 11.5. The van der Waals surface area contributed by atoms with Crippen LogP contribution in [0.2, 0.25) is 0 Å². The van der Waals surface area contributed by atoms with E-state index in [2.05, 4.69) is 5.32 Å². The van der Waals surface area contributed by atoms with Crippen molar-refractivity contribution in [1.29, 1.82) is 0 Å². The first-order valence-electron chi connectivity index (χ1n) is 6.70. The highest BCUT2D eigenvalue weighted by Gasteiger charge is 2.29. The molecule has 0 bridgehead atoms. The lowest BCUT2D eigenvalue weighted by molar-refractivity contribution is 0.350. The number of hydrogen-bond donors (Lipinski definition) is 1. The SMILES string of the molecule is CCCCC(NCCC)c1c(F)c(F)c(F)c(F)c1F. The molecule has 0 aliphatic carbocycles. The largest absolute Gasteiger partial charge is 0.310 e.